The van der Waals surface area contributed by atoms with Gasteiger partial charge in [0.2, 0.25) is 11.8 Å². The van der Waals surface area contributed by atoms with E-state index in [0.29, 0.717) is 22.6 Å². The number of halogens is 1. The summed E-state index contributed by atoms with van der Waals surface area (Å²) >= 11 is 4.91. The largest absolute Gasteiger partial charge is 0.317 e. The van der Waals surface area contributed by atoms with Gasteiger partial charge in [-0.2, -0.15) is 4.99 Å². The number of rotatable bonds is 3. The highest BCUT2D eigenvalue weighted by molar-refractivity contribution is 9.10. The number of anilines is 1. The third-order valence-electron chi connectivity index (χ3n) is 4.56. The molecule has 0 N–H and O–H groups in total. The van der Waals surface area contributed by atoms with Gasteiger partial charge in [-0.15, -0.1) is 0 Å². The molecule has 0 aliphatic carbocycles. The number of hydrogen-bond donors (Lipinski definition) is 0. The van der Waals surface area contributed by atoms with Gasteiger partial charge < -0.3 is 4.57 Å². The Morgan fingerprint density at radius 3 is 2.61 bits per heavy atom. The number of carbonyl (C=O) groups is 3. The molecule has 0 saturated carbocycles. The first-order valence-corrected chi connectivity index (χ1v) is 10.4. The van der Waals surface area contributed by atoms with Gasteiger partial charge >= 0.3 is 0 Å². The molecule has 1 aliphatic rings. The lowest BCUT2D eigenvalue weighted by molar-refractivity contribution is -0.121. The van der Waals surface area contributed by atoms with E-state index in [1.165, 1.54) is 11.3 Å². The highest BCUT2D eigenvalue weighted by Crippen LogP contribution is 2.24. The van der Waals surface area contributed by atoms with Crippen molar-refractivity contribution < 1.29 is 14.4 Å². The number of fused-ring (bicyclic) bond motifs is 1. The smallest absolute Gasteiger partial charge is 0.279 e. The van der Waals surface area contributed by atoms with E-state index in [1.54, 1.807) is 24.3 Å². The van der Waals surface area contributed by atoms with E-state index in [1.807, 2.05) is 29.7 Å². The number of nitrogens with zero attached hydrogens (tertiary/aromatic N) is 3. The molecule has 0 radical (unpaired) electrons. The van der Waals surface area contributed by atoms with E-state index in [4.69, 9.17) is 0 Å². The van der Waals surface area contributed by atoms with Crippen LogP contribution in [-0.4, -0.2) is 22.3 Å². The molecule has 4 rings (SSSR count). The third kappa shape index (κ3) is 3.33. The van der Waals surface area contributed by atoms with Crippen molar-refractivity contribution in [1.82, 2.24) is 4.57 Å². The van der Waals surface area contributed by atoms with E-state index in [-0.39, 0.29) is 24.7 Å². The minimum Gasteiger partial charge on any atom is -0.317 e. The lowest BCUT2D eigenvalue weighted by Crippen LogP contribution is -2.28. The number of aryl methyl sites for hydroxylation is 1. The number of benzene rings is 2. The van der Waals surface area contributed by atoms with E-state index in [9.17, 15) is 14.4 Å². The second kappa shape index (κ2) is 7.44. The lowest BCUT2D eigenvalue weighted by atomic mass is 10.2. The molecule has 8 heteroatoms. The van der Waals surface area contributed by atoms with Crippen molar-refractivity contribution in [2.45, 2.75) is 26.3 Å². The number of hydrogen-bond acceptors (Lipinski definition) is 4. The molecule has 2 aromatic carbocycles. The molecule has 1 saturated heterocycles. The maximum Gasteiger partial charge on any atom is 0.279 e. The number of imide groups is 1. The lowest BCUT2D eigenvalue weighted by Gasteiger charge is -2.14. The Labute approximate surface area is 173 Å². The molecule has 28 heavy (non-hydrogen) atoms. The van der Waals surface area contributed by atoms with Gasteiger partial charge in [-0.3, -0.25) is 19.3 Å². The van der Waals surface area contributed by atoms with Crippen molar-refractivity contribution in [2.24, 2.45) is 4.99 Å². The Kier molecular flexibility index (Phi) is 4.99. The van der Waals surface area contributed by atoms with Gasteiger partial charge in [0.05, 0.1) is 15.9 Å². The molecule has 6 nitrogen and oxygen atoms in total. The summed E-state index contributed by atoms with van der Waals surface area (Å²) in [5, 5.41) is 0. The fourth-order valence-corrected chi connectivity index (χ4v) is 4.88. The Morgan fingerprint density at radius 1 is 1.14 bits per heavy atom. The molecule has 1 aliphatic heterocycles. The van der Waals surface area contributed by atoms with E-state index >= 15 is 0 Å². The molecular formula is C20H16BrN3O3S. The molecule has 2 heterocycles. The van der Waals surface area contributed by atoms with Crippen molar-refractivity contribution in [3.8, 4) is 0 Å². The Bertz CT molecular complexity index is 1180. The molecule has 0 atom stereocenters. The molecule has 142 valence electrons. The molecule has 1 aromatic heterocycles. The van der Waals surface area contributed by atoms with Crippen molar-refractivity contribution in [3.05, 3.63) is 57.3 Å². The normalized spacial score (nSPS) is 15.1. The minimum atomic E-state index is -0.409. The molecule has 3 aromatic rings. The number of aromatic nitrogens is 1. The van der Waals surface area contributed by atoms with Crippen LogP contribution in [0.4, 0.5) is 5.69 Å². The van der Waals surface area contributed by atoms with Crippen LogP contribution in [0.15, 0.2) is 51.9 Å². The zero-order valence-corrected chi connectivity index (χ0v) is 17.4. The second-order valence-electron chi connectivity index (χ2n) is 6.33. The average molecular weight is 458 g/mol. The third-order valence-corrected chi connectivity index (χ3v) is 6.10. The second-order valence-corrected chi connectivity index (χ2v) is 8.26. The first kappa shape index (κ1) is 18.8. The summed E-state index contributed by atoms with van der Waals surface area (Å²) in [6.45, 7) is 2.69. The van der Waals surface area contributed by atoms with Gasteiger partial charge in [-0.05, 0) is 43.3 Å². The number of amides is 3. The van der Waals surface area contributed by atoms with Crippen LogP contribution in [-0.2, 0) is 16.1 Å². The molecular weight excluding hydrogens is 442 g/mol. The standard InChI is InChI=1S/C20H16BrN3O3S/c1-2-23-15-7-6-13(21)11-16(15)28-20(23)22-19(27)12-4-3-5-14(10-12)24-17(25)8-9-18(24)26/h3-7,10-11H,2,8-9H2,1H3. The molecule has 0 spiro atoms. The summed E-state index contributed by atoms with van der Waals surface area (Å²) < 4.78 is 3.99. The summed E-state index contributed by atoms with van der Waals surface area (Å²) in [5.41, 5.74) is 1.77. The maximum absolute atomic E-state index is 12.8. The predicted octanol–water partition coefficient (Wildman–Crippen LogP) is 3.88. The van der Waals surface area contributed by atoms with Crippen LogP contribution in [0, 0.1) is 0 Å². The first-order chi connectivity index (χ1) is 13.5. The van der Waals surface area contributed by atoms with Crippen LogP contribution in [0.5, 0.6) is 0 Å². The zero-order valence-electron chi connectivity index (χ0n) is 15.0. The fourth-order valence-electron chi connectivity index (χ4n) is 3.23. The van der Waals surface area contributed by atoms with Crippen molar-refractivity contribution in [3.63, 3.8) is 0 Å². The highest BCUT2D eigenvalue weighted by Gasteiger charge is 2.30. The molecule has 0 bridgehead atoms. The van der Waals surface area contributed by atoms with Crippen LogP contribution in [0.2, 0.25) is 0 Å². The summed E-state index contributed by atoms with van der Waals surface area (Å²) in [4.78, 5) is 42.8. The highest BCUT2D eigenvalue weighted by atomic mass is 79.9. The van der Waals surface area contributed by atoms with Crippen LogP contribution in [0.3, 0.4) is 0 Å². The maximum atomic E-state index is 12.8. The van der Waals surface area contributed by atoms with Gasteiger partial charge in [-0.25, -0.2) is 0 Å². The quantitative estimate of drug-likeness (QED) is 0.560. The van der Waals surface area contributed by atoms with E-state index in [0.717, 1.165) is 19.6 Å². The van der Waals surface area contributed by atoms with Gasteiger partial charge in [0, 0.05) is 29.4 Å². The molecule has 0 unspecified atom stereocenters. The van der Waals surface area contributed by atoms with Crippen molar-refractivity contribution in [2.75, 3.05) is 4.90 Å². The molecule has 1 fully saturated rings. The fraction of sp³-hybridized carbons (Fsp3) is 0.200. The van der Waals surface area contributed by atoms with Crippen molar-refractivity contribution in [1.29, 1.82) is 0 Å². The predicted molar refractivity (Wildman–Crippen MR) is 111 cm³/mol. The Morgan fingerprint density at radius 2 is 1.89 bits per heavy atom. The van der Waals surface area contributed by atoms with Gasteiger partial charge in [0.15, 0.2) is 4.80 Å². The van der Waals surface area contributed by atoms with Crippen LogP contribution in [0.25, 0.3) is 10.2 Å². The number of carbonyl (C=O) groups excluding carboxylic acids is 3. The van der Waals surface area contributed by atoms with E-state index in [2.05, 4.69) is 20.9 Å². The summed E-state index contributed by atoms with van der Waals surface area (Å²) in [7, 11) is 0. The van der Waals surface area contributed by atoms with Crippen LogP contribution < -0.4 is 9.70 Å². The summed E-state index contributed by atoms with van der Waals surface area (Å²) in [6.07, 6.45) is 0.407. The van der Waals surface area contributed by atoms with Crippen molar-refractivity contribution >= 4 is 60.9 Å². The summed E-state index contributed by atoms with van der Waals surface area (Å²) in [6, 6.07) is 12.5. The topological polar surface area (TPSA) is 71.7 Å². The zero-order chi connectivity index (χ0) is 19.8. The Hall–Kier alpha value is -2.58. The minimum absolute atomic E-state index is 0.204. The Balaban J connectivity index is 1.75. The van der Waals surface area contributed by atoms with Gasteiger partial charge in [0.1, 0.15) is 0 Å². The van der Waals surface area contributed by atoms with Gasteiger partial charge in [-0.1, -0.05) is 33.3 Å². The monoisotopic (exact) mass is 457 g/mol. The van der Waals surface area contributed by atoms with Crippen LogP contribution in [0.1, 0.15) is 30.1 Å². The SMILES string of the molecule is CCn1c(=NC(=O)c2cccc(N3C(=O)CCC3=O)c2)sc2cc(Br)ccc21. The molecule has 3 amide bonds. The first-order valence-electron chi connectivity index (χ1n) is 8.81. The van der Waals surface area contributed by atoms with Crippen LogP contribution >= 0.6 is 27.3 Å². The summed E-state index contributed by atoms with van der Waals surface area (Å²) in [5.74, 6) is -0.898. The van der Waals surface area contributed by atoms with E-state index < -0.39 is 5.91 Å². The average Bonchev–Trinajstić information content (AvgIpc) is 3.19. The number of thiazole rings is 1. The van der Waals surface area contributed by atoms with Gasteiger partial charge in [0.25, 0.3) is 5.91 Å².